The molecular formula is C27H42N2O2. The third-order valence-corrected chi connectivity index (χ3v) is 7.65. The molecule has 31 heavy (non-hydrogen) atoms. The summed E-state index contributed by atoms with van der Waals surface area (Å²) in [6.07, 6.45) is 4.88. The van der Waals surface area contributed by atoms with E-state index in [-0.39, 0.29) is 11.9 Å². The van der Waals surface area contributed by atoms with Crippen molar-refractivity contribution in [1.82, 2.24) is 4.90 Å². The Morgan fingerprint density at radius 1 is 1.03 bits per heavy atom. The molecule has 2 atom stereocenters. The average Bonchev–Trinajstić information content (AvgIpc) is 3.46. The SMILES string of the molecule is CCOC(=O)C1CC1CN1CCN(c2ccccc2C2CC(C)(C)CC(C)(C)C2)CC1. The van der Waals surface area contributed by atoms with Gasteiger partial charge in [-0.3, -0.25) is 9.69 Å². The summed E-state index contributed by atoms with van der Waals surface area (Å²) < 4.78 is 5.19. The lowest BCUT2D eigenvalue weighted by atomic mass is 9.60. The van der Waals surface area contributed by atoms with Gasteiger partial charge in [-0.05, 0) is 66.9 Å². The van der Waals surface area contributed by atoms with Crippen LogP contribution >= 0.6 is 0 Å². The fourth-order valence-corrected chi connectivity index (χ4v) is 6.68. The second kappa shape index (κ2) is 8.77. The van der Waals surface area contributed by atoms with E-state index in [1.54, 1.807) is 5.56 Å². The minimum Gasteiger partial charge on any atom is -0.466 e. The molecule has 2 unspecified atom stereocenters. The van der Waals surface area contributed by atoms with Crippen LogP contribution < -0.4 is 4.90 Å². The van der Waals surface area contributed by atoms with E-state index < -0.39 is 0 Å². The van der Waals surface area contributed by atoms with Gasteiger partial charge in [0, 0.05) is 38.4 Å². The van der Waals surface area contributed by atoms with Gasteiger partial charge in [-0.25, -0.2) is 0 Å². The van der Waals surface area contributed by atoms with Crippen LogP contribution in [0.2, 0.25) is 0 Å². The molecule has 4 nitrogen and oxygen atoms in total. The highest BCUT2D eigenvalue weighted by molar-refractivity contribution is 5.75. The zero-order valence-corrected chi connectivity index (χ0v) is 20.3. The summed E-state index contributed by atoms with van der Waals surface area (Å²) in [5.41, 5.74) is 3.81. The molecule has 2 aliphatic carbocycles. The second-order valence-corrected chi connectivity index (χ2v) is 11.8. The van der Waals surface area contributed by atoms with Crippen molar-refractivity contribution in [1.29, 1.82) is 0 Å². The standard InChI is InChI=1S/C27H42N2O2/c1-6-31-25(30)23-15-20(23)18-28-11-13-29(14-12-28)24-10-8-7-9-22(24)21-16-26(2,3)19-27(4,5)17-21/h7-10,20-21,23H,6,11-19H2,1-5H3. The minimum atomic E-state index is 0.0124. The Balaban J connectivity index is 1.37. The predicted octanol–water partition coefficient (Wildman–Crippen LogP) is 5.33. The maximum absolute atomic E-state index is 11.9. The van der Waals surface area contributed by atoms with Crippen molar-refractivity contribution in [3.05, 3.63) is 29.8 Å². The van der Waals surface area contributed by atoms with Crippen LogP contribution in [0.3, 0.4) is 0 Å². The first-order valence-electron chi connectivity index (χ1n) is 12.4. The molecule has 2 saturated carbocycles. The molecular weight excluding hydrogens is 384 g/mol. The van der Waals surface area contributed by atoms with Crippen molar-refractivity contribution < 1.29 is 9.53 Å². The topological polar surface area (TPSA) is 32.8 Å². The van der Waals surface area contributed by atoms with Crippen LogP contribution in [0.25, 0.3) is 0 Å². The van der Waals surface area contributed by atoms with Gasteiger partial charge in [0.05, 0.1) is 12.5 Å². The van der Waals surface area contributed by atoms with E-state index in [1.807, 2.05) is 6.92 Å². The van der Waals surface area contributed by atoms with E-state index in [2.05, 4.69) is 61.8 Å². The van der Waals surface area contributed by atoms with Crippen molar-refractivity contribution in [3.63, 3.8) is 0 Å². The fourth-order valence-electron chi connectivity index (χ4n) is 6.68. The van der Waals surface area contributed by atoms with Crippen LogP contribution in [-0.4, -0.2) is 50.2 Å². The number of carbonyl (C=O) groups is 1. The molecule has 0 spiro atoms. The molecule has 0 amide bonds. The number of benzene rings is 1. The summed E-state index contributed by atoms with van der Waals surface area (Å²) in [4.78, 5) is 17.1. The van der Waals surface area contributed by atoms with Crippen LogP contribution in [0.4, 0.5) is 5.69 Å². The highest BCUT2D eigenvalue weighted by Gasteiger charge is 2.45. The Hall–Kier alpha value is -1.55. The van der Waals surface area contributed by atoms with Crippen LogP contribution in [-0.2, 0) is 9.53 Å². The van der Waals surface area contributed by atoms with Gasteiger partial charge in [-0.15, -0.1) is 0 Å². The average molecular weight is 427 g/mol. The largest absolute Gasteiger partial charge is 0.466 e. The smallest absolute Gasteiger partial charge is 0.309 e. The fraction of sp³-hybridized carbons (Fsp3) is 0.741. The lowest BCUT2D eigenvalue weighted by molar-refractivity contribution is -0.145. The number of carbonyl (C=O) groups excluding carboxylic acids is 1. The first kappa shape index (κ1) is 22.6. The molecule has 4 heteroatoms. The number of hydrogen-bond acceptors (Lipinski definition) is 4. The molecule has 1 aromatic carbocycles. The molecule has 0 N–H and O–H groups in total. The normalized spacial score (nSPS) is 28.4. The number of esters is 1. The van der Waals surface area contributed by atoms with Gasteiger partial charge in [-0.1, -0.05) is 45.9 Å². The van der Waals surface area contributed by atoms with E-state index in [1.165, 1.54) is 24.9 Å². The van der Waals surface area contributed by atoms with Gasteiger partial charge in [0.15, 0.2) is 0 Å². The third kappa shape index (κ3) is 5.45. The summed E-state index contributed by atoms with van der Waals surface area (Å²) >= 11 is 0. The Morgan fingerprint density at radius 2 is 1.68 bits per heavy atom. The van der Waals surface area contributed by atoms with Crippen molar-refractivity contribution in [2.24, 2.45) is 22.7 Å². The van der Waals surface area contributed by atoms with E-state index in [4.69, 9.17) is 4.74 Å². The molecule has 1 heterocycles. The summed E-state index contributed by atoms with van der Waals surface area (Å²) in [6.45, 7) is 17.5. The molecule has 4 rings (SSSR count). The molecule has 172 valence electrons. The molecule has 1 aromatic rings. The van der Waals surface area contributed by atoms with Crippen LogP contribution in [0, 0.1) is 22.7 Å². The molecule has 0 aromatic heterocycles. The van der Waals surface area contributed by atoms with E-state index in [0.717, 1.165) is 39.1 Å². The number of piperazine rings is 1. The van der Waals surface area contributed by atoms with Crippen molar-refractivity contribution in [3.8, 4) is 0 Å². The molecule has 3 fully saturated rings. The lowest BCUT2D eigenvalue weighted by Crippen LogP contribution is -2.47. The monoisotopic (exact) mass is 426 g/mol. The number of ether oxygens (including phenoxy) is 1. The van der Waals surface area contributed by atoms with Crippen LogP contribution in [0.5, 0.6) is 0 Å². The Labute approximate surface area is 189 Å². The highest BCUT2D eigenvalue weighted by atomic mass is 16.5. The minimum absolute atomic E-state index is 0.0124. The van der Waals surface area contributed by atoms with Crippen LogP contribution in [0.1, 0.15) is 71.8 Å². The Morgan fingerprint density at radius 3 is 2.32 bits per heavy atom. The first-order valence-corrected chi connectivity index (χ1v) is 12.4. The zero-order chi connectivity index (χ0) is 22.2. The van der Waals surface area contributed by atoms with Gasteiger partial charge in [0.2, 0.25) is 0 Å². The quantitative estimate of drug-likeness (QED) is 0.576. The number of rotatable bonds is 6. The molecule has 1 saturated heterocycles. The number of anilines is 1. The van der Waals surface area contributed by atoms with Gasteiger partial charge < -0.3 is 9.64 Å². The molecule has 3 aliphatic rings. The summed E-state index contributed by atoms with van der Waals surface area (Å²) in [5.74, 6) is 1.31. The maximum atomic E-state index is 11.9. The highest BCUT2D eigenvalue weighted by Crippen LogP contribution is 2.53. The molecule has 0 bridgehead atoms. The van der Waals surface area contributed by atoms with Gasteiger partial charge >= 0.3 is 5.97 Å². The third-order valence-electron chi connectivity index (χ3n) is 7.65. The summed E-state index contributed by atoms with van der Waals surface area (Å²) in [5, 5.41) is 0. The number of nitrogens with zero attached hydrogens (tertiary/aromatic N) is 2. The predicted molar refractivity (Wildman–Crippen MR) is 127 cm³/mol. The molecule has 0 radical (unpaired) electrons. The second-order valence-electron chi connectivity index (χ2n) is 11.8. The molecule has 1 aliphatic heterocycles. The maximum Gasteiger partial charge on any atom is 0.309 e. The van der Waals surface area contributed by atoms with E-state index >= 15 is 0 Å². The van der Waals surface area contributed by atoms with E-state index in [0.29, 0.717) is 29.3 Å². The van der Waals surface area contributed by atoms with Gasteiger partial charge in [-0.2, -0.15) is 0 Å². The van der Waals surface area contributed by atoms with Gasteiger partial charge in [0.25, 0.3) is 0 Å². The Bertz CT molecular complexity index is 763. The van der Waals surface area contributed by atoms with Gasteiger partial charge in [0.1, 0.15) is 0 Å². The van der Waals surface area contributed by atoms with Crippen LogP contribution in [0.15, 0.2) is 24.3 Å². The Kier molecular flexibility index (Phi) is 6.40. The summed E-state index contributed by atoms with van der Waals surface area (Å²) in [6, 6.07) is 9.17. The lowest BCUT2D eigenvalue weighted by Gasteiger charge is -2.46. The first-order chi connectivity index (χ1) is 14.7. The number of hydrogen-bond donors (Lipinski definition) is 0. The number of para-hydroxylation sites is 1. The zero-order valence-electron chi connectivity index (χ0n) is 20.3. The van der Waals surface area contributed by atoms with Crippen molar-refractivity contribution in [2.45, 2.75) is 66.2 Å². The summed E-state index contributed by atoms with van der Waals surface area (Å²) in [7, 11) is 0. The van der Waals surface area contributed by atoms with E-state index in [9.17, 15) is 4.79 Å². The van der Waals surface area contributed by atoms with Crippen molar-refractivity contribution in [2.75, 3.05) is 44.2 Å². The van der Waals surface area contributed by atoms with Crippen molar-refractivity contribution >= 4 is 11.7 Å².